The Hall–Kier alpha value is -3.10. The number of Topliss-reactive ketones (excluding diaryl/α,β-unsaturated/α-hetero) is 1. The number of phenols is 2. The molecule has 0 radical (unpaired) electrons. The van der Waals surface area contributed by atoms with Gasteiger partial charge in [-0.3, -0.25) is 14.4 Å². The Balaban J connectivity index is 0.00000423. The molecule has 0 bridgehead atoms. The molecule has 0 spiro atoms. The third kappa shape index (κ3) is 5.20. The first-order valence-corrected chi connectivity index (χ1v) is 13.7. The Labute approximate surface area is 254 Å². The minimum absolute atomic E-state index is 0. The van der Waals surface area contributed by atoms with Gasteiger partial charge in [0, 0.05) is 29.5 Å². The highest BCUT2D eigenvalue weighted by Crippen LogP contribution is 2.52. The predicted octanol–water partition coefficient (Wildman–Crippen LogP) is -2.25. The Morgan fingerprint density at radius 2 is 1.74 bits per heavy atom. The second-order valence-electron chi connectivity index (χ2n) is 12.2. The number of aliphatic hydroxyl groups excluding tert-OH is 2. The average Bonchev–Trinajstić information content (AvgIpc) is 2.93. The number of hydrogen-bond acceptors (Lipinski definition) is 11. The lowest BCUT2D eigenvalue weighted by Gasteiger charge is -2.46. The molecule has 1 saturated heterocycles. The van der Waals surface area contributed by atoms with E-state index in [1.165, 1.54) is 25.3 Å². The van der Waals surface area contributed by atoms with Gasteiger partial charge in [0.1, 0.15) is 41.6 Å². The van der Waals surface area contributed by atoms with Crippen LogP contribution < -0.4 is 17.1 Å². The number of methoxy groups -OCH3 is 1. The van der Waals surface area contributed by atoms with Crippen molar-refractivity contribution < 1.29 is 71.0 Å². The van der Waals surface area contributed by atoms with Gasteiger partial charge in [-0.2, -0.15) is 0 Å². The predicted molar refractivity (Wildman–Crippen MR) is 146 cm³/mol. The van der Waals surface area contributed by atoms with Crippen molar-refractivity contribution in [3.05, 3.63) is 51.6 Å². The Morgan fingerprint density at radius 1 is 1.09 bits per heavy atom. The monoisotopic (exact) mass is 621 g/mol. The van der Waals surface area contributed by atoms with Crippen LogP contribution in [-0.2, 0) is 20.7 Å². The van der Waals surface area contributed by atoms with E-state index in [0.29, 0.717) is 4.48 Å². The number of benzene rings is 2. The molecular weight excluding hydrogens is 586 g/mol. The Kier molecular flexibility index (Phi) is 8.72. The number of rotatable bonds is 6. The lowest BCUT2D eigenvalue weighted by molar-refractivity contribution is -0.903. The summed E-state index contributed by atoms with van der Waals surface area (Å²) in [5.41, 5.74) is -3.49. The molecule has 0 amide bonds. The van der Waals surface area contributed by atoms with Gasteiger partial charge in [-0.05, 0) is 13.0 Å². The zero-order valence-corrected chi connectivity index (χ0v) is 25.2. The molecule has 234 valence electrons. The van der Waals surface area contributed by atoms with Crippen molar-refractivity contribution >= 4 is 17.3 Å². The molecular formula is C30H36ClNO11. The maximum atomic E-state index is 13.8. The molecule has 1 aliphatic heterocycles. The van der Waals surface area contributed by atoms with E-state index >= 15 is 0 Å². The number of fused-ring (bicyclic) bond motifs is 3. The average molecular weight is 622 g/mol. The zero-order chi connectivity index (χ0) is 30.9. The van der Waals surface area contributed by atoms with Crippen LogP contribution in [-0.4, -0.2) is 112 Å². The molecule has 43 heavy (non-hydrogen) atoms. The lowest BCUT2D eigenvalue weighted by atomic mass is 9.72. The maximum Gasteiger partial charge on any atom is 0.202 e. The van der Waals surface area contributed by atoms with Crippen LogP contribution in [0, 0.1) is 0 Å². The summed E-state index contributed by atoms with van der Waals surface area (Å²) in [6.45, 7) is 0.672. The molecule has 1 heterocycles. The van der Waals surface area contributed by atoms with E-state index < -0.39 is 89.6 Å². The molecule has 5 N–H and O–H groups in total. The number of phenolic OH excluding ortho intramolecular Hbond substituents is 2. The number of ether oxygens (including phenoxy) is 3. The Bertz CT molecular complexity index is 1490. The van der Waals surface area contributed by atoms with Gasteiger partial charge >= 0.3 is 0 Å². The molecule has 0 saturated carbocycles. The molecule has 6 atom stereocenters. The number of likely N-dealkylation sites (N-methyl/N-ethyl adjacent to an activating group) is 1. The van der Waals surface area contributed by atoms with Gasteiger partial charge in [-0.25, -0.2) is 0 Å². The summed E-state index contributed by atoms with van der Waals surface area (Å²) in [6, 6.07) is 4.08. The largest absolute Gasteiger partial charge is 1.00 e. The number of carbonyl (C=O) groups excluding carboxylic acids is 3. The molecule has 0 aromatic heterocycles. The summed E-state index contributed by atoms with van der Waals surface area (Å²) in [4.78, 5) is 40.1. The number of nitrogens with zero attached hydrogens (tertiary/aromatic N) is 1. The summed E-state index contributed by atoms with van der Waals surface area (Å²) in [7, 11) is 7.05. The molecule has 3 aliphatic rings. The maximum absolute atomic E-state index is 13.8. The number of carbonyl (C=O) groups is 3. The molecule has 2 aromatic carbocycles. The van der Waals surface area contributed by atoms with Crippen LogP contribution in [0.3, 0.4) is 0 Å². The first-order chi connectivity index (χ1) is 19.6. The van der Waals surface area contributed by atoms with E-state index in [-0.39, 0.29) is 52.9 Å². The van der Waals surface area contributed by atoms with E-state index in [1.807, 2.05) is 21.1 Å². The van der Waals surface area contributed by atoms with Gasteiger partial charge in [0.25, 0.3) is 0 Å². The van der Waals surface area contributed by atoms with Crippen LogP contribution in [0.15, 0.2) is 18.2 Å². The van der Waals surface area contributed by atoms with Crippen LogP contribution >= 0.6 is 0 Å². The molecule has 4 unspecified atom stereocenters. The number of aliphatic hydroxyl groups is 3. The van der Waals surface area contributed by atoms with Gasteiger partial charge in [0.15, 0.2) is 17.9 Å². The number of ketones is 3. The quantitative estimate of drug-likeness (QED) is 0.148. The third-order valence-corrected chi connectivity index (χ3v) is 8.73. The van der Waals surface area contributed by atoms with Crippen LogP contribution in [0.25, 0.3) is 0 Å². The Morgan fingerprint density at radius 3 is 2.35 bits per heavy atom. The fourth-order valence-corrected chi connectivity index (χ4v) is 6.46. The van der Waals surface area contributed by atoms with E-state index in [2.05, 4.69) is 0 Å². The lowest BCUT2D eigenvalue weighted by Crippen LogP contribution is -3.00. The highest BCUT2D eigenvalue weighted by atomic mass is 35.5. The van der Waals surface area contributed by atoms with Gasteiger partial charge < -0.3 is 56.6 Å². The van der Waals surface area contributed by atoms with Gasteiger partial charge in [-0.1, -0.05) is 12.1 Å². The first-order valence-electron chi connectivity index (χ1n) is 13.7. The van der Waals surface area contributed by atoms with Crippen molar-refractivity contribution in [2.24, 2.45) is 0 Å². The smallest absolute Gasteiger partial charge is 0.202 e. The van der Waals surface area contributed by atoms with Crippen molar-refractivity contribution in [3.8, 4) is 17.2 Å². The molecule has 13 heteroatoms. The standard InChI is InChI=1S/C30H35NO11.ClH/c1-13-25(34)16(31(2,3)4)9-20(41-13)42-18-11-30(39,19(33)12-32)10-15-22(18)29(38)24-23(27(15)36)26(35)14-7-6-8-17(40-5)21(14)28(24)37;/h6-8,13,16,18,20,25,32,34,39H,9-12H2,1-5H3,(H-,35,36,37,38);1H/t13?,16?,18-,20?,25?,30-;/m0./s1. The van der Waals surface area contributed by atoms with Crippen molar-refractivity contribution in [2.45, 2.75) is 62.4 Å². The summed E-state index contributed by atoms with van der Waals surface area (Å²) >= 11 is 0. The zero-order valence-electron chi connectivity index (χ0n) is 24.5. The summed E-state index contributed by atoms with van der Waals surface area (Å²) in [5, 5.41) is 54.9. The topological polar surface area (TPSA) is 180 Å². The number of quaternary nitrogens is 1. The highest BCUT2D eigenvalue weighted by Gasteiger charge is 2.51. The van der Waals surface area contributed by atoms with Crippen LogP contribution in [0.4, 0.5) is 0 Å². The second kappa shape index (κ2) is 11.4. The molecule has 12 nitrogen and oxygen atoms in total. The first kappa shape index (κ1) is 32.8. The SMILES string of the molecule is COc1cccc2c1C(=O)c1c(O)c3c(c(O)c1C2=O)C[C@@](O)(C(=O)CO)C[C@@H]3OC1CC([N+](C)(C)C)C(O)C(C)O1.[Cl-]. The molecule has 1 fully saturated rings. The fourth-order valence-electron chi connectivity index (χ4n) is 6.46. The normalized spacial score (nSPS) is 28.3. The molecule has 5 rings (SSSR count). The van der Waals surface area contributed by atoms with Crippen molar-refractivity contribution in [1.82, 2.24) is 0 Å². The van der Waals surface area contributed by atoms with E-state index in [0.717, 1.165) is 0 Å². The molecule has 2 aromatic rings. The van der Waals surface area contributed by atoms with Crippen LogP contribution in [0.5, 0.6) is 17.2 Å². The number of hydrogen-bond donors (Lipinski definition) is 5. The second-order valence-corrected chi connectivity index (χ2v) is 12.2. The summed E-state index contributed by atoms with van der Waals surface area (Å²) in [5.74, 6) is -3.66. The van der Waals surface area contributed by atoms with Gasteiger partial charge in [0.2, 0.25) is 5.78 Å². The van der Waals surface area contributed by atoms with Crippen molar-refractivity contribution in [2.75, 3.05) is 34.9 Å². The number of halogens is 1. The number of aromatic hydroxyl groups is 2. The summed E-state index contributed by atoms with van der Waals surface area (Å²) in [6.07, 6.45) is -4.56. The van der Waals surface area contributed by atoms with E-state index in [9.17, 15) is 39.9 Å². The van der Waals surface area contributed by atoms with E-state index in [1.54, 1.807) is 6.92 Å². The molecule has 2 aliphatic carbocycles. The van der Waals surface area contributed by atoms with Crippen molar-refractivity contribution in [3.63, 3.8) is 0 Å². The van der Waals surface area contributed by atoms with Crippen LogP contribution in [0.2, 0.25) is 0 Å². The third-order valence-electron chi connectivity index (χ3n) is 8.73. The minimum atomic E-state index is -2.23. The van der Waals surface area contributed by atoms with Crippen LogP contribution in [0.1, 0.15) is 68.8 Å². The van der Waals surface area contributed by atoms with Gasteiger partial charge in [-0.15, -0.1) is 0 Å². The fraction of sp³-hybridized carbons (Fsp3) is 0.500. The van der Waals surface area contributed by atoms with E-state index in [4.69, 9.17) is 14.2 Å². The van der Waals surface area contributed by atoms with Crippen molar-refractivity contribution in [1.29, 1.82) is 0 Å². The summed E-state index contributed by atoms with van der Waals surface area (Å²) < 4.78 is 17.9. The minimum Gasteiger partial charge on any atom is -1.00 e. The van der Waals surface area contributed by atoms with Gasteiger partial charge in [0.05, 0.1) is 63.6 Å². The highest BCUT2D eigenvalue weighted by molar-refractivity contribution is 6.31.